The smallest absolute Gasteiger partial charge is 0.264 e. The van der Waals surface area contributed by atoms with Crippen LogP contribution in [0.1, 0.15) is 10.6 Å². The third kappa shape index (κ3) is 3.30. The van der Waals surface area contributed by atoms with Gasteiger partial charge in [-0.1, -0.05) is 17.4 Å². The van der Waals surface area contributed by atoms with Crippen molar-refractivity contribution in [3.05, 3.63) is 33.2 Å². The maximum atomic E-state index is 12.2. The first-order valence-corrected chi connectivity index (χ1v) is 8.33. The van der Waals surface area contributed by atoms with Gasteiger partial charge in [-0.05, 0) is 40.5 Å². The molecule has 0 aliphatic carbocycles. The molecule has 102 valence electrons. The van der Waals surface area contributed by atoms with Crippen LogP contribution in [-0.4, -0.2) is 18.6 Å². The van der Waals surface area contributed by atoms with Crippen molar-refractivity contribution in [3.8, 4) is 0 Å². The molecular formula is C10H11BrN4O2S2. The predicted octanol–water partition coefficient (Wildman–Crippen LogP) is 1.87. The number of hydrogen-bond acceptors (Lipinski definition) is 6. The number of aromatic nitrogens is 2. The molecule has 0 fully saturated rings. The standard InChI is InChI=1S/C10H11BrN4O2S2/c1-6-13-14-10(18-6)15-19(16,17)9-3-2-7(5-12)4-8(9)11/h2-4H,5,12H2,1H3,(H,14,15). The van der Waals surface area contributed by atoms with E-state index < -0.39 is 10.0 Å². The Labute approximate surface area is 123 Å². The summed E-state index contributed by atoms with van der Waals surface area (Å²) in [4.78, 5) is 0.137. The minimum Gasteiger partial charge on any atom is -0.326 e. The number of anilines is 1. The Bertz CT molecular complexity index is 699. The van der Waals surface area contributed by atoms with Gasteiger partial charge in [-0.2, -0.15) is 0 Å². The molecule has 19 heavy (non-hydrogen) atoms. The van der Waals surface area contributed by atoms with Crippen molar-refractivity contribution in [2.24, 2.45) is 5.73 Å². The van der Waals surface area contributed by atoms with Gasteiger partial charge in [-0.15, -0.1) is 10.2 Å². The van der Waals surface area contributed by atoms with Crippen molar-refractivity contribution in [3.63, 3.8) is 0 Å². The molecule has 0 radical (unpaired) electrons. The SMILES string of the molecule is Cc1nnc(NS(=O)(=O)c2ccc(CN)cc2Br)s1. The van der Waals surface area contributed by atoms with Gasteiger partial charge in [0.05, 0.1) is 0 Å². The summed E-state index contributed by atoms with van der Waals surface area (Å²) in [6.07, 6.45) is 0. The highest BCUT2D eigenvalue weighted by atomic mass is 79.9. The number of halogens is 1. The maximum absolute atomic E-state index is 12.2. The quantitative estimate of drug-likeness (QED) is 0.864. The summed E-state index contributed by atoms with van der Waals surface area (Å²) >= 11 is 4.41. The third-order valence-electron chi connectivity index (χ3n) is 2.27. The fourth-order valence-electron chi connectivity index (χ4n) is 1.40. The number of hydrogen-bond donors (Lipinski definition) is 2. The topological polar surface area (TPSA) is 98.0 Å². The van der Waals surface area contributed by atoms with E-state index in [2.05, 4.69) is 30.8 Å². The van der Waals surface area contributed by atoms with Crippen LogP contribution >= 0.6 is 27.3 Å². The Morgan fingerprint density at radius 1 is 1.42 bits per heavy atom. The van der Waals surface area contributed by atoms with Gasteiger partial charge < -0.3 is 5.73 Å². The van der Waals surface area contributed by atoms with Gasteiger partial charge >= 0.3 is 0 Å². The Hall–Kier alpha value is -1.03. The van der Waals surface area contributed by atoms with Crippen molar-refractivity contribution in [2.75, 3.05) is 4.72 Å². The Kier molecular flexibility index (Phi) is 4.19. The second-order valence-corrected chi connectivity index (χ2v) is 7.39. The number of aryl methyl sites for hydroxylation is 1. The molecule has 0 aliphatic heterocycles. The summed E-state index contributed by atoms with van der Waals surface area (Å²) in [5.41, 5.74) is 6.35. The lowest BCUT2D eigenvalue weighted by Gasteiger charge is -2.08. The molecule has 0 atom stereocenters. The molecule has 0 spiro atoms. The summed E-state index contributed by atoms with van der Waals surface area (Å²) < 4.78 is 27.2. The Balaban J connectivity index is 2.34. The van der Waals surface area contributed by atoms with Crippen LogP contribution in [0.15, 0.2) is 27.6 Å². The molecule has 9 heteroatoms. The first kappa shape index (κ1) is 14.4. The highest BCUT2D eigenvalue weighted by Crippen LogP contribution is 2.26. The summed E-state index contributed by atoms with van der Waals surface area (Å²) in [5, 5.41) is 8.42. The molecule has 6 nitrogen and oxygen atoms in total. The van der Waals surface area contributed by atoms with Crippen LogP contribution in [0.5, 0.6) is 0 Å². The highest BCUT2D eigenvalue weighted by molar-refractivity contribution is 9.10. The number of nitrogens with two attached hydrogens (primary N) is 1. The summed E-state index contributed by atoms with van der Waals surface area (Å²) in [6.45, 7) is 2.10. The minimum atomic E-state index is -3.69. The molecule has 1 heterocycles. The molecule has 0 unspecified atom stereocenters. The summed E-state index contributed by atoms with van der Waals surface area (Å²) in [5.74, 6) is 0. The molecule has 1 aromatic heterocycles. The van der Waals surface area contributed by atoms with Crippen molar-refractivity contribution in [2.45, 2.75) is 18.4 Å². The Morgan fingerprint density at radius 2 is 2.16 bits per heavy atom. The van der Waals surface area contributed by atoms with Crippen LogP contribution in [0, 0.1) is 6.92 Å². The van der Waals surface area contributed by atoms with E-state index in [-0.39, 0.29) is 10.0 Å². The zero-order valence-electron chi connectivity index (χ0n) is 9.92. The van der Waals surface area contributed by atoms with Crippen molar-refractivity contribution >= 4 is 42.4 Å². The van der Waals surface area contributed by atoms with Crippen molar-refractivity contribution < 1.29 is 8.42 Å². The van der Waals surface area contributed by atoms with Crippen molar-refractivity contribution in [1.29, 1.82) is 0 Å². The van der Waals surface area contributed by atoms with E-state index in [9.17, 15) is 8.42 Å². The van der Waals surface area contributed by atoms with Crippen LogP contribution in [0.3, 0.4) is 0 Å². The van der Waals surface area contributed by atoms with Gasteiger partial charge in [-0.25, -0.2) is 8.42 Å². The molecule has 2 aromatic rings. The number of benzene rings is 1. The lowest BCUT2D eigenvalue weighted by molar-refractivity contribution is 0.600. The van der Waals surface area contributed by atoms with E-state index in [4.69, 9.17) is 5.73 Å². The molecule has 0 bridgehead atoms. The normalized spacial score (nSPS) is 11.5. The zero-order chi connectivity index (χ0) is 14.0. The lowest BCUT2D eigenvalue weighted by atomic mass is 10.2. The van der Waals surface area contributed by atoms with Crippen molar-refractivity contribution in [1.82, 2.24) is 10.2 Å². The van der Waals surface area contributed by atoms with Gasteiger partial charge in [0.2, 0.25) is 5.13 Å². The molecular weight excluding hydrogens is 352 g/mol. The van der Waals surface area contributed by atoms with Crippen LogP contribution in [-0.2, 0) is 16.6 Å². The molecule has 0 saturated heterocycles. The fourth-order valence-corrected chi connectivity index (χ4v) is 4.34. The number of nitrogens with one attached hydrogen (secondary N) is 1. The maximum Gasteiger partial charge on any atom is 0.264 e. The molecule has 0 amide bonds. The monoisotopic (exact) mass is 362 g/mol. The van der Waals surface area contributed by atoms with Gasteiger partial charge in [-0.3, -0.25) is 4.72 Å². The van der Waals surface area contributed by atoms with Gasteiger partial charge in [0.25, 0.3) is 10.0 Å². The second kappa shape index (κ2) is 5.53. The van der Waals surface area contributed by atoms with Gasteiger partial charge in [0, 0.05) is 11.0 Å². The van der Waals surface area contributed by atoms with E-state index >= 15 is 0 Å². The van der Waals surface area contributed by atoms with E-state index in [1.54, 1.807) is 19.1 Å². The van der Waals surface area contributed by atoms with E-state index in [1.165, 1.54) is 17.4 Å². The van der Waals surface area contributed by atoms with E-state index in [1.807, 2.05) is 0 Å². The summed E-state index contributed by atoms with van der Waals surface area (Å²) in [7, 11) is -3.69. The van der Waals surface area contributed by atoms with Crippen LogP contribution in [0.25, 0.3) is 0 Å². The minimum absolute atomic E-state index is 0.137. The van der Waals surface area contributed by atoms with E-state index in [0.717, 1.165) is 5.56 Å². The van der Waals surface area contributed by atoms with Crippen LogP contribution in [0.4, 0.5) is 5.13 Å². The number of nitrogens with zero attached hydrogens (tertiary/aromatic N) is 2. The molecule has 2 rings (SSSR count). The number of rotatable bonds is 4. The van der Waals surface area contributed by atoms with E-state index in [0.29, 0.717) is 16.0 Å². The largest absolute Gasteiger partial charge is 0.326 e. The molecule has 0 aliphatic rings. The average Bonchev–Trinajstić information content (AvgIpc) is 2.73. The second-order valence-electron chi connectivity index (χ2n) is 3.70. The zero-order valence-corrected chi connectivity index (χ0v) is 13.1. The lowest BCUT2D eigenvalue weighted by Crippen LogP contribution is -2.13. The van der Waals surface area contributed by atoms with Crippen LogP contribution < -0.4 is 10.5 Å². The Morgan fingerprint density at radius 3 is 2.68 bits per heavy atom. The predicted molar refractivity (Wildman–Crippen MR) is 77.5 cm³/mol. The molecule has 0 saturated carbocycles. The number of sulfonamides is 1. The highest BCUT2D eigenvalue weighted by Gasteiger charge is 2.19. The van der Waals surface area contributed by atoms with Gasteiger partial charge in [0.15, 0.2) is 0 Å². The first-order valence-electron chi connectivity index (χ1n) is 5.24. The van der Waals surface area contributed by atoms with Crippen LogP contribution in [0.2, 0.25) is 0 Å². The first-order chi connectivity index (χ1) is 8.92. The molecule has 1 aromatic carbocycles. The fraction of sp³-hybridized carbons (Fsp3) is 0.200. The average molecular weight is 363 g/mol. The third-order valence-corrected chi connectivity index (χ3v) is 5.47. The van der Waals surface area contributed by atoms with Gasteiger partial charge in [0.1, 0.15) is 9.90 Å². The summed E-state index contributed by atoms with van der Waals surface area (Å²) in [6, 6.07) is 4.85. The molecule has 3 N–H and O–H groups in total.